The third kappa shape index (κ3) is 2.90. The minimum Gasteiger partial charge on any atom is -0.502 e. The van der Waals surface area contributed by atoms with Crippen LogP contribution in [-0.4, -0.2) is 31.1 Å². The van der Waals surface area contributed by atoms with E-state index in [1.165, 1.54) is 14.2 Å². The van der Waals surface area contributed by atoms with Gasteiger partial charge in [0.05, 0.1) is 26.2 Å². The first kappa shape index (κ1) is 18.9. The quantitative estimate of drug-likeness (QED) is 0.480. The molecule has 1 N–H and O–H groups in total. The van der Waals surface area contributed by atoms with E-state index in [4.69, 9.17) is 18.9 Å². The first-order valence-corrected chi connectivity index (χ1v) is 9.08. The molecule has 0 aliphatic carbocycles. The van der Waals surface area contributed by atoms with E-state index in [1.54, 1.807) is 38.1 Å². The molecule has 0 radical (unpaired) electrons. The third-order valence-corrected chi connectivity index (χ3v) is 5.11. The fraction of sp³-hybridized carbons (Fsp3) is 0.273. The number of benzene rings is 2. The molecule has 0 saturated heterocycles. The number of aromatic hydroxyl groups is 1. The monoisotopic (exact) mass is 396 g/mol. The Kier molecular flexibility index (Phi) is 4.45. The van der Waals surface area contributed by atoms with Gasteiger partial charge in [0, 0.05) is 11.5 Å². The van der Waals surface area contributed by atoms with Gasteiger partial charge in [-0.3, -0.25) is 9.59 Å². The molecular formula is C22H20O7. The van der Waals surface area contributed by atoms with Crippen LogP contribution in [0.2, 0.25) is 0 Å². The van der Waals surface area contributed by atoms with Gasteiger partial charge in [-0.25, -0.2) is 0 Å². The van der Waals surface area contributed by atoms with Gasteiger partial charge in [-0.05, 0) is 49.2 Å². The lowest BCUT2D eigenvalue weighted by molar-refractivity contribution is -0.135. The van der Waals surface area contributed by atoms with Crippen molar-refractivity contribution < 1.29 is 33.6 Å². The van der Waals surface area contributed by atoms with Crippen molar-refractivity contribution in [3.63, 3.8) is 0 Å². The Morgan fingerprint density at radius 2 is 1.72 bits per heavy atom. The first-order valence-electron chi connectivity index (χ1n) is 9.08. The topological polar surface area (TPSA) is 91.3 Å². The molecule has 2 aliphatic rings. The summed E-state index contributed by atoms with van der Waals surface area (Å²) in [5.41, 5.74) is 2.48. The maximum atomic E-state index is 12.7. The molecule has 0 unspecified atom stereocenters. The molecule has 2 heterocycles. The average Bonchev–Trinajstić information content (AvgIpc) is 3.04. The molecule has 7 heteroatoms. The Morgan fingerprint density at radius 1 is 1.07 bits per heavy atom. The van der Waals surface area contributed by atoms with E-state index in [1.807, 2.05) is 0 Å². The lowest BCUT2D eigenvalue weighted by Crippen LogP contribution is -2.21. The van der Waals surface area contributed by atoms with E-state index >= 15 is 0 Å². The molecule has 0 amide bonds. The lowest BCUT2D eigenvalue weighted by atomic mass is 9.84. The van der Waals surface area contributed by atoms with Gasteiger partial charge in [-0.2, -0.15) is 0 Å². The van der Waals surface area contributed by atoms with Crippen molar-refractivity contribution >= 4 is 11.8 Å². The number of fused-ring (bicyclic) bond motifs is 3. The van der Waals surface area contributed by atoms with Crippen LogP contribution in [0.1, 0.15) is 47.7 Å². The SMILES string of the molecule is COc1cc([C@H]2CC(=O)Oc3ccc4c(c32)OC(=C(C)C)C4=O)cc(OC)c1O. The Morgan fingerprint density at radius 3 is 2.31 bits per heavy atom. The predicted octanol–water partition coefficient (Wildman–Crippen LogP) is 3.72. The molecule has 2 aromatic rings. The van der Waals surface area contributed by atoms with Crippen molar-refractivity contribution in [2.45, 2.75) is 26.2 Å². The van der Waals surface area contributed by atoms with Crippen LogP contribution in [-0.2, 0) is 4.79 Å². The first-order chi connectivity index (χ1) is 13.8. The van der Waals surface area contributed by atoms with Crippen LogP contribution in [0.5, 0.6) is 28.7 Å². The van der Waals surface area contributed by atoms with Crippen molar-refractivity contribution in [3.8, 4) is 28.7 Å². The van der Waals surface area contributed by atoms with E-state index in [2.05, 4.69) is 0 Å². The van der Waals surface area contributed by atoms with Crippen molar-refractivity contribution in [1.29, 1.82) is 0 Å². The molecule has 4 rings (SSSR count). The number of ether oxygens (including phenoxy) is 4. The molecule has 2 aromatic carbocycles. The highest BCUT2D eigenvalue weighted by atomic mass is 16.5. The molecule has 2 aliphatic heterocycles. The van der Waals surface area contributed by atoms with Gasteiger partial charge in [0.1, 0.15) is 11.5 Å². The second-order valence-corrected chi connectivity index (χ2v) is 7.12. The zero-order valence-corrected chi connectivity index (χ0v) is 16.5. The van der Waals surface area contributed by atoms with Gasteiger partial charge >= 0.3 is 5.97 Å². The highest BCUT2D eigenvalue weighted by molar-refractivity contribution is 6.13. The van der Waals surface area contributed by atoms with E-state index in [0.29, 0.717) is 28.2 Å². The Balaban J connectivity index is 1.94. The van der Waals surface area contributed by atoms with E-state index in [-0.39, 0.29) is 35.2 Å². The summed E-state index contributed by atoms with van der Waals surface area (Å²) in [6.07, 6.45) is 0.0439. The zero-order valence-electron chi connectivity index (χ0n) is 16.5. The Labute approximate surface area is 167 Å². The summed E-state index contributed by atoms with van der Waals surface area (Å²) in [6, 6.07) is 6.51. The summed E-state index contributed by atoms with van der Waals surface area (Å²) < 4.78 is 21.9. The van der Waals surface area contributed by atoms with Crippen molar-refractivity contribution in [3.05, 3.63) is 52.3 Å². The lowest BCUT2D eigenvalue weighted by Gasteiger charge is -2.27. The summed E-state index contributed by atoms with van der Waals surface area (Å²) in [5, 5.41) is 10.2. The number of Topliss-reactive ketones (excluding diaryl/α,β-unsaturated/α-hetero) is 1. The number of esters is 1. The number of rotatable bonds is 3. The fourth-order valence-corrected chi connectivity index (χ4v) is 3.72. The van der Waals surface area contributed by atoms with Crippen LogP contribution in [0.3, 0.4) is 0 Å². The predicted molar refractivity (Wildman–Crippen MR) is 103 cm³/mol. The van der Waals surface area contributed by atoms with Gasteiger partial charge in [0.2, 0.25) is 11.5 Å². The molecule has 0 bridgehead atoms. The number of hydrogen-bond acceptors (Lipinski definition) is 7. The van der Waals surface area contributed by atoms with E-state index in [9.17, 15) is 14.7 Å². The molecular weight excluding hydrogens is 376 g/mol. The number of allylic oxidation sites excluding steroid dienone is 2. The molecule has 0 fully saturated rings. The van der Waals surface area contributed by atoms with E-state index < -0.39 is 11.9 Å². The molecule has 7 nitrogen and oxygen atoms in total. The number of methoxy groups -OCH3 is 2. The normalized spacial score (nSPS) is 17.2. The van der Waals surface area contributed by atoms with Gasteiger partial charge in [0.25, 0.3) is 0 Å². The smallest absolute Gasteiger partial charge is 0.312 e. The van der Waals surface area contributed by atoms with Gasteiger partial charge in [-0.1, -0.05) is 0 Å². The molecule has 0 spiro atoms. The number of phenolic OH excluding ortho intramolecular Hbond substituents is 1. The molecule has 0 aromatic heterocycles. The molecule has 0 saturated carbocycles. The summed E-state index contributed by atoms with van der Waals surface area (Å²) >= 11 is 0. The summed E-state index contributed by atoms with van der Waals surface area (Å²) in [6.45, 7) is 3.61. The summed E-state index contributed by atoms with van der Waals surface area (Å²) in [5.74, 6) is 0.266. The maximum Gasteiger partial charge on any atom is 0.312 e. The average molecular weight is 396 g/mol. The number of hydrogen-bond donors (Lipinski definition) is 1. The highest BCUT2D eigenvalue weighted by Gasteiger charge is 2.39. The van der Waals surface area contributed by atoms with Gasteiger partial charge in [-0.15, -0.1) is 0 Å². The Hall–Kier alpha value is -3.48. The molecule has 1 atom stereocenters. The highest BCUT2D eigenvalue weighted by Crippen LogP contribution is 2.51. The van der Waals surface area contributed by atoms with Crippen LogP contribution < -0.4 is 18.9 Å². The summed E-state index contributed by atoms with van der Waals surface area (Å²) in [4.78, 5) is 25.0. The largest absolute Gasteiger partial charge is 0.502 e. The van der Waals surface area contributed by atoms with Crippen molar-refractivity contribution in [2.75, 3.05) is 14.2 Å². The number of carbonyl (C=O) groups is 2. The van der Waals surface area contributed by atoms with Gasteiger partial charge in [0.15, 0.2) is 17.3 Å². The minimum atomic E-state index is -0.464. The fourth-order valence-electron chi connectivity index (χ4n) is 3.72. The maximum absolute atomic E-state index is 12.7. The molecule has 150 valence electrons. The number of ketones is 1. The number of carbonyl (C=O) groups excluding carboxylic acids is 2. The van der Waals surface area contributed by atoms with Crippen molar-refractivity contribution in [2.24, 2.45) is 0 Å². The second kappa shape index (κ2) is 6.84. The van der Waals surface area contributed by atoms with Crippen LogP contribution in [0.25, 0.3) is 0 Å². The van der Waals surface area contributed by atoms with Crippen LogP contribution in [0.15, 0.2) is 35.6 Å². The van der Waals surface area contributed by atoms with Crippen LogP contribution in [0.4, 0.5) is 0 Å². The standard InChI is InChI=1S/C22H20O7/c1-10(2)21-19(24)12-5-6-14-18(22(12)29-21)13(9-17(23)28-14)11-7-15(26-3)20(25)16(8-11)27-4/h5-8,13,25H,9H2,1-4H3/t13-/m1/s1. The number of phenols is 1. The van der Waals surface area contributed by atoms with Crippen LogP contribution in [0, 0.1) is 0 Å². The minimum absolute atomic E-state index is 0.0439. The van der Waals surface area contributed by atoms with Gasteiger partial charge < -0.3 is 24.1 Å². The zero-order chi connectivity index (χ0) is 20.9. The summed E-state index contributed by atoms with van der Waals surface area (Å²) in [7, 11) is 2.86. The molecule has 29 heavy (non-hydrogen) atoms. The van der Waals surface area contributed by atoms with Crippen LogP contribution >= 0.6 is 0 Å². The van der Waals surface area contributed by atoms with Crippen molar-refractivity contribution in [1.82, 2.24) is 0 Å². The second-order valence-electron chi connectivity index (χ2n) is 7.12. The van der Waals surface area contributed by atoms with E-state index in [0.717, 1.165) is 5.57 Å². The Bertz CT molecular complexity index is 1050. The third-order valence-electron chi connectivity index (χ3n) is 5.11.